The van der Waals surface area contributed by atoms with Crippen LogP contribution in [-0.4, -0.2) is 69.0 Å². The second-order valence-corrected chi connectivity index (χ2v) is 9.12. The van der Waals surface area contributed by atoms with Crippen molar-refractivity contribution in [1.29, 1.82) is 0 Å². The van der Waals surface area contributed by atoms with Crippen LogP contribution in [0.25, 0.3) is 10.9 Å². The Hall–Kier alpha value is -3.05. The summed E-state index contributed by atoms with van der Waals surface area (Å²) in [5.41, 5.74) is 0.307. The molecule has 0 radical (unpaired) electrons. The Labute approximate surface area is 173 Å². The molecule has 0 aliphatic carbocycles. The molecule has 3 heterocycles. The summed E-state index contributed by atoms with van der Waals surface area (Å²) in [5.74, 6) is -0.241. The number of rotatable bonds is 4. The van der Waals surface area contributed by atoms with E-state index in [4.69, 9.17) is 0 Å². The van der Waals surface area contributed by atoms with E-state index < -0.39 is 10.0 Å². The average Bonchev–Trinajstić information content (AvgIpc) is 3.02. The highest BCUT2D eigenvalue weighted by molar-refractivity contribution is 7.89. The van der Waals surface area contributed by atoms with Gasteiger partial charge < -0.3 is 4.90 Å². The van der Waals surface area contributed by atoms with Gasteiger partial charge in [0, 0.05) is 39.4 Å². The monoisotopic (exact) mass is 430 g/mol. The zero-order chi connectivity index (χ0) is 21.3. The lowest BCUT2D eigenvalue weighted by Crippen LogP contribution is -2.40. The molecule has 158 valence electrons. The van der Waals surface area contributed by atoms with Crippen molar-refractivity contribution in [2.75, 3.05) is 26.2 Å². The van der Waals surface area contributed by atoms with Crippen LogP contribution in [0.1, 0.15) is 6.42 Å². The van der Waals surface area contributed by atoms with Gasteiger partial charge in [-0.15, -0.1) is 0 Å². The Balaban J connectivity index is 1.46. The van der Waals surface area contributed by atoms with Gasteiger partial charge in [0.2, 0.25) is 15.9 Å². The van der Waals surface area contributed by atoms with Crippen molar-refractivity contribution < 1.29 is 13.2 Å². The minimum absolute atomic E-state index is 0.133. The summed E-state index contributed by atoms with van der Waals surface area (Å²) in [6.45, 7) is 1.06. The second kappa shape index (κ2) is 8.00. The molecule has 1 fully saturated rings. The molecule has 0 atom stereocenters. The van der Waals surface area contributed by atoms with Gasteiger partial charge >= 0.3 is 0 Å². The lowest BCUT2D eigenvalue weighted by atomic mass is 10.2. The maximum Gasteiger partial charge on any atom is 0.261 e. The van der Waals surface area contributed by atoms with E-state index >= 15 is 0 Å². The van der Waals surface area contributed by atoms with Crippen LogP contribution in [-0.2, 0) is 28.4 Å². The molecular weight excluding hydrogens is 408 g/mol. The van der Waals surface area contributed by atoms with Crippen LogP contribution in [0.3, 0.4) is 0 Å². The highest BCUT2D eigenvalue weighted by Gasteiger charge is 2.29. The summed E-state index contributed by atoms with van der Waals surface area (Å²) < 4.78 is 29.7. The molecule has 0 spiro atoms. The molecule has 1 amide bonds. The van der Waals surface area contributed by atoms with Gasteiger partial charge in [-0.3, -0.25) is 18.8 Å². The van der Waals surface area contributed by atoms with E-state index in [1.807, 2.05) is 0 Å². The summed E-state index contributed by atoms with van der Waals surface area (Å²) in [7, 11) is -2.00. The third-order valence-corrected chi connectivity index (χ3v) is 7.02. The predicted octanol–water partition coefficient (Wildman–Crippen LogP) is 0.0532. The van der Waals surface area contributed by atoms with Crippen LogP contribution >= 0.6 is 0 Å². The minimum Gasteiger partial charge on any atom is -0.340 e. The van der Waals surface area contributed by atoms with Crippen molar-refractivity contribution in [2.24, 2.45) is 7.05 Å². The first-order chi connectivity index (χ1) is 14.4. The highest BCUT2D eigenvalue weighted by atomic mass is 32.2. The maximum absolute atomic E-state index is 12.8. The summed E-state index contributed by atoms with van der Waals surface area (Å²) in [6, 6.07) is 6.98. The fourth-order valence-electron chi connectivity index (χ4n) is 3.53. The van der Waals surface area contributed by atoms with Crippen LogP contribution in [0.15, 0.2) is 52.7 Å². The molecule has 0 N–H and O–H groups in total. The number of nitrogens with zero attached hydrogens (tertiary/aromatic N) is 6. The fraction of sp³-hybridized carbons (Fsp3) is 0.368. The van der Waals surface area contributed by atoms with Gasteiger partial charge in [0.1, 0.15) is 11.4 Å². The molecule has 4 rings (SSSR count). The number of amides is 1. The summed E-state index contributed by atoms with van der Waals surface area (Å²) in [6.07, 6.45) is 4.67. The Bertz CT molecular complexity index is 1250. The first-order valence-electron chi connectivity index (χ1n) is 9.57. The molecule has 1 saturated heterocycles. The first kappa shape index (κ1) is 20.2. The molecule has 0 saturated carbocycles. The molecule has 11 heteroatoms. The standard InChI is InChI=1S/C19H22N6O4S/c1-22-12-15(11-21-22)30(28,29)25-8-4-7-23(9-10-25)18(26)13-24-14-20-17-6-3-2-5-16(17)19(24)27/h2-3,5-6,11-12,14H,4,7-10,13H2,1H3. The number of fused-ring (bicyclic) bond motifs is 1. The molecule has 0 unspecified atom stereocenters. The van der Waals surface area contributed by atoms with E-state index in [0.29, 0.717) is 30.4 Å². The molecule has 1 aliphatic heterocycles. The van der Waals surface area contributed by atoms with E-state index in [-0.39, 0.29) is 36.0 Å². The SMILES string of the molecule is Cn1cc(S(=O)(=O)N2CCCN(C(=O)Cn3cnc4ccccc4c3=O)CC2)cn1. The van der Waals surface area contributed by atoms with Crippen LogP contribution in [0.4, 0.5) is 0 Å². The van der Waals surface area contributed by atoms with Crippen LogP contribution in [0, 0.1) is 0 Å². The highest BCUT2D eigenvalue weighted by Crippen LogP contribution is 2.17. The quantitative estimate of drug-likeness (QED) is 0.579. The van der Waals surface area contributed by atoms with Crippen molar-refractivity contribution >= 4 is 26.8 Å². The molecule has 2 aromatic heterocycles. The van der Waals surface area contributed by atoms with E-state index in [0.717, 1.165) is 0 Å². The second-order valence-electron chi connectivity index (χ2n) is 7.18. The normalized spacial score (nSPS) is 16.0. The molecule has 3 aromatic rings. The number of carbonyl (C=O) groups excluding carboxylic acids is 1. The Morgan fingerprint density at radius 3 is 2.70 bits per heavy atom. The van der Waals surface area contributed by atoms with Gasteiger partial charge in [-0.05, 0) is 18.6 Å². The largest absolute Gasteiger partial charge is 0.340 e. The van der Waals surface area contributed by atoms with Gasteiger partial charge in [0.15, 0.2) is 0 Å². The fourth-order valence-corrected chi connectivity index (χ4v) is 4.98. The third-order valence-electron chi connectivity index (χ3n) is 5.16. The van der Waals surface area contributed by atoms with Gasteiger partial charge in [-0.1, -0.05) is 12.1 Å². The summed E-state index contributed by atoms with van der Waals surface area (Å²) in [5, 5.41) is 4.38. The van der Waals surface area contributed by atoms with E-state index in [1.165, 1.54) is 32.3 Å². The van der Waals surface area contributed by atoms with E-state index in [1.54, 1.807) is 36.2 Å². The van der Waals surface area contributed by atoms with Gasteiger partial charge in [-0.2, -0.15) is 9.40 Å². The average molecular weight is 430 g/mol. The lowest BCUT2D eigenvalue weighted by molar-refractivity contribution is -0.131. The first-order valence-corrected chi connectivity index (χ1v) is 11.0. The smallest absolute Gasteiger partial charge is 0.261 e. The van der Waals surface area contributed by atoms with E-state index in [9.17, 15) is 18.0 Å². The molecule has 0 bridgehead atoms. The number of aryl methyl sites for hydroxylation is 1. The Morgan fingerprint density at radius 1 is 1.13 bits per heavy atom. The van der Waals surface area contributed by atoms with Crippen LogP contribution in [0.5, 0.6) is 0 Å². The Kier molecular flexibility index (Phi) is 5.39. The summed E-state index contributed by atoms with van der Waals surface area (Å²) >= 11 is 0. The number of sulfonamides is 1. The Morgan fingerprint density at radius 2 is 1.93 bits per heavy atom. The molecule has 10 nitrogen and oxygen atoms in total. The molecule has 30 heavy (non-hydrogen) atoms. The molecule has 1 aliphatic rings. The molecular formula is C19H22N6O4S. The van der Waals surface area contributed by atoms with E-state index in [2.05, 4.69) is 10.1 Å². The zero-order valence-electron chi connectivity index (χ0n) is 16.5. The number of para-hydroxylation sites is 1. The zero-order valence-corrected chi connectivity index (χ0v) is 17.3. The number of carbonyl (C=O) groups is 1. The third kappa shape index (κ3) is 3.85. The van der Waals surface area contributed by atoms with Gasteiger partial charge in [0.25, 0.3) is 5.56 Å². The van der Waals surface area contributed by atoms with Gasteiger partial charge in [-0.25, -0.2) is 13.4 Å². The number of hydrogen-bond donors (Lipinski definition) is 0. The van der Waals surface area contributed by atoms with Crippen molar-refractivity contribution in [2.45, 2.75) is 17.9 Å². The lowest BCUT2D eigenvalue weighted by Gasteiger charge is -2.22. The van der Waals surface area contributed by atoms with Crippen molar-refractivity contribution in [1.82, 2.24) is 28.5 Å². The minimum atomic E-state index is -3.66. The van der Waals surface area contributed by atoms with Crippen LogP contribution in [0.2, 0.25) is 0 Å². The number of aromatic nitrogens is 4. The van der Waals surface area contributed by atoms with Crippen molar-refractivity contribution in [3.05, 3.63) is 53.3 Å². The van der Waals surface area contributed by atoms with Crippen molar-refractivity contribution in [3.8, 4) is 0 Å². The van der Waals surface area contributed by atoms with Gasteiger partial charge in [0.05, 0.1) is 23.4 Å². The summed E-state index contributed by atoms with van der Waals surface area (Å²) in [4.78, 5) is 31.4. The van der Waals surface area contributed by atoms with Crippen molar-refractivity contribution in [3.63, 3.8) is 0 Å². The number of benzene rings is 1. The van der Waals surface area contributed by atoms with Crippen LogP contribution < -0.4 is 5.56 Å². The maximum atomic E-state index is 12.8. The number of hydrogen-bond acceptors (Lipinski definition) is 6. The predicted molar refractivity (Wildman–Crippen MR) is 109 cm³/mol. The molecule has 1 aromatic carbocycles. The topological polar surface area (TPSA) is 110 Å².